The van der Waals surface area contributed by atoms with E-state index in [9.17, 15) is 13.0 Å². The fraction of sp³-hybridized carbons (Fsp3) is 0.200. The van der Waals surface area contributed by atoms with Crippen LogP contribution in [0.1, 0.15) is 42.7 Å². The Kier molecular flexibility index (Phi) is 7.15. The minimum Gasteiger partial charge on any atom is -0.282 e. The van der Waals surface area contributed by atoms with Gasteiger partial charge in [0.1, 0.15) is 0 Å². The molecule has 2 aromatic carbocycles. The lowest BCUT2D eigenvalue weighted by atomic mass is 9.92. The van der Waals surface area contributed by atoms with E-state index in [1.807, 2.05) is 18.2 Å². The average Bonchev–Trinajstić information content (AvgIpc) is 2.90. The van der Waals surface area contributed by atoms with Gasteiger partial charge in [-0.05, 0) is 60.9 Å². The molecule has 3 aliphatic carbocycles. The quantitative estimate of drug-likeness (QED) is 0.323. The predicted octanol–water partition coefficient (Wildman–Crippen LogP) is 7.96. The summed E-state index contributed by atoms with van der Waals surface area (Å²) in [5.41, 5.74) is 3.72. The van der Waals surface area contributed by atoms with Crippen molar-refractivity contribution in [1.29, 1.82) is 0 Å². The van der Waals surface area contributed by atoms with Gasteiger partial charge in [-0.3, -0.25) is 4.55 Å². The van der Waals surface area contributed by atoms with Crippen molar-refractivity contribution in [2.45, 2.75) is 37.3 Å². The predicted molar refractivity (Wildman–Crippen MR) is 147 cm³/mol. The van der Waals surface area contributed by atoms with Crippen LogP contribution < -0.4 is 0 Å². The Morgan fingerprint density at radius 3 is 2.11 bits per heavy atom. The molecule has 5 rings (SSSR count). The molecule has 3 unspecified atom stereocenters. The summed E-state index contributed by atoms with van der Waals surface area (Å²) in [6.45, 7) is 0. The van der Waals surface area contributed by atoms with Crippen molar-refractivity contribution in [2.24, 2.45) is 0 Å². The number of allylic oxidation sites excluding steroid dienone is 12. The zero-order valence-corrected chi connectivity index (χ0v) is 21.2. The summed E-state index contributed by atoms with van der Waals surface area (Å²) >= 11 is 0. The standard InChI is InChI=1S/C30H29O3PS/c31-35(32,33)30-22-12-11-21-29(30)34(27-19-9-7-17-25(27)23-13-3-1-4-14-23)28-20-10-8-18-26(28)24-15-5-2-6-16-24/h1-7,9-11,13-17,19-21,25,27H,8,12,18,22H2,(H,31,32,33). The molecule has 0 radical (unpaired) electrons. The van der Waals surface area contributed by atoms with E-state index in [2.05, 4.69) is 91.1 Å². The smallest absolute Gasteiger partial charge is 0.282 e. The first-order chi connectivity index (χ1) is 17.0. The van der Waals surface area contributed by atoms with Gasteiger partial charge >= 0.3 is 0 Å². The molecule has 0 amide bonds. The molecular weight excluding hydrogens is 471 g/mol. The minimum absolute atomic E-state index is 0.0587. The van der Waals surface area contributed by atoms with Crippen LogP contribution in [0.2, 0.25) is 0 Å². The number of hydrogen-bond acceptors (Lipinski definition) is 2. The summed E-state index contributed by atoms with van der Waals surface area (Å²) in [7, 11) is -5.44. The monoisotopic (exact) mass is 500 g/mol. The molecule has 0 saturated carbocycles. The van der Waals surface area contributed by atoms with Crippen molar-refractivity contribution in [3.8, 4) is 0 Å². The third-order valence-electron chi connectivity index (χ3n) is 6.79. The van der Waals surface area contributed by atoms with Crippen LogP contribution >= 0.6 is 7.92 Å². The minimum atomic E-state index is -4.31. The average molecular weight is 501 g/mol. The molecule has 0 heterocycles. The highest BCUT2D eigenvalue weighted by Gasteiger charge is 2.37. The van der Waals surface area contributed by atoms with Gasteiger partial charge in [-0.1, -0.05) is 109 Å². The third-order valence-corrected chi connectivity index (χ3v) is 11.0. The zero-order valence-electron chi connectivity index (χ0n) is 19.5. The first-order valence-electron chi connectivity index (χ1n) is 12.1. The summed E-state index contributed by atoms with van der Waals surface area (Å²) in [6.07, 6.45) is 19.9. The zero-order chi connectivity index (χ0) is 24.3. The fourth-order valence-corrected chi connectivity index (χ4v) is 9.75. The van der Waals surface area contributed by atoms with E-state index < -0.39 is 18.0 Å². The molecule has 178 valence electrons. The first kappa shape index (κ1) is 23.9. The van der Waals surface area contributed by atoms with Gasteiger partial charge in [-0.2, -0.15) is 8.42 Å². The highest BCUT2D eigenvalue weighted by molar-refractivity contribution is 7.90. The SMILES string of the molecule is O=S(=O)(O)C1=C(P(C2=C(c3ccccc3)CCC=C2)C2C=CC=CC2c2ccccc2)C=CCC1. The lowest BCUT2D eigenvalue weighted by Crippen LogP contribution is -2.19. The molecule has 0 aromatic heterocycles. The Hall–Kier alpha value is -2.78. The Morgan fingerprint density at radius 1 is 0.771 bits per heavy atom. The van der Waals surface area contributed by atoms with Gasteiger partial charge in [-0.15, -0.1) is 0 Å². The molecule has 0 aliphatic heterocycles. The van der Waals surface area contributed by atoms with E-state index in [1.54, 1.807) is 0 Å². The third kappa shape index (κ3) is 5.11. The number of benzene rings is 2. The molecule has 0 spiro atoms. The van der Waals surface area contributed by atoms with E-state index in [0.29, 0.717) is 12.8 Å². The van der Waals surface area contributed by atoms with Crippen molar-refractivity contribution in [1.82, 2.24) is 0 Å². The molecule has 35 heavy (non-hydrogen) atoms. The first-order valence-corrected chi connectivity index (χ1v) is 14.9. The van der Waals surface area contributed by atoms with Crippen molar-refractivity contribution in [3.63, 3.8) is 0 Å². The molecule has 0 fully saturated rings. The maximum absolute atomic E-state index is 12.6. The van der Waals surface area contributed by atoms with E-state index in [1.165, 1.54) is 22.0 Å². The highest BCUT2D eigenvalue weighted by atomic mass is 32.2. The molecule has 0 bridgehead atoms. The normalized spacial score (nSPS) is 23.1. The van der Waals surface area contributed by atoms with E-state index in [0.717, 1.165) is 18.2 Å². The van der Waals surface area contributed by atoms with Gasteiger partial charge in [-0.25, -0.2) is 0 Å². The van der Waals surface area contributed by atoms with Crippen LogP contribution in [0.15, 0.2) is 125 Å². The summed E-state index contributed by atoms with van der Waals surface area (Å²) < 4.78 is 35.4. The second kappa shape index (κ2) is 10.5. The topological polar surface area (TPSA) is 54.4 Å². The lowest BCUT2D eigenvalue weighted by Gasteiger charge is -2.37. The van der Waals surface area contributed by atoms with Crippen LogP contribution in [0.5, 0.6) is 0 Å². The van der Waals surface area contributed by atoms with Crippen molar-refractivity contribution in [3.05, 3.63) is 136 Å². The maximum Gasteiger partial charge on any atom is 0.291 e. The van der Waals surface area contributed by atoms with E-state index >= 15 is 0 Å². The summed E-state index contributed by atoms with van der Waals surface area (Å²) in [4.78, 5) is 0.180. The van der Waals surface area contributed by atoms with Gasteiger partial charge in [0.2, 0.25) is 0 Å². The van der Waals surface area contributed by atoms with Gasteiger partial charge < -0.3 is 0 Å². The van der Waals surface area contributed by atoms with Crippen molar-refractivity contribution >= 4 is 23.6 Å². The summed E-state index contributed by atoms with van der Waals surface area (Å²) in [5.74, 6) is 0.109. The van der Waals surface area contributed by atoms with Gasteiger partial charge in [0, 0.05) is 11.6 Å². The summed E-state index contributed by atoms with van der Waals surface area (Å²) in [6, 6.07) is 20.8. The van der Waals surface area contributed by atoms with E-state index in [-0.39, 0.29) is 16.5 Å². The molecule has 3 atom stereocenters. The second-order valence-corrected chi connectivity index (χ2v) is 12.7. The lowest BCUT2D eigenvalue weighted by molar-refractivity contribution is 0.488. The van der Waals surface area contributed by atoms with Gasteiger partial charge in [0.15, 0.2) is 0 Å². The van der Waals surface area contributed by atoms with Crippen molar-refractivity contribution in [2.75, 3.05) is 0 Å². The Bertz CT molecular complexity index is 1360. The second-order valence-electron chi connectivity index (χ2n) is 8.96. The van der Waals surface area contributed by atoms with Crippen LogP contribution in [0, 0.1) is 0 Å². The van der Waals surface area contributed by atoms with Crippen LogP contribution in [0.3, 0.4) is 0 Å². The van der Waals surface area contributed by atoms with E-state index in [4.69, 9.17) is 0 Å². The molecule has 5 heteroatoms. The summed E-state index contributed by atoms with van der Waals surface area (Å²) in [5, 5.41) is 1.97. The number of hydrogen-bond donors (Lipinski definition) is 1. The molecule has 3 aliphatic rings. The molecule has 2 aromatic rings. The largest absolute Gasteiger partial charge is 0.291 e. The van der Waals surface area contributed by atoms with Gasteiger partial charge in [0.25, 0.3) is 10.1 Å². The van der Waals surface area contributed by atoms with Crippen LogP contribution in [-0.2, 0) is 10.1 Å². The van der Waals surface area contributed by atoms with Crippen molar-refractivity contribution < 1.29 is 13.0 Å². The van der Waals surface area contributed by atoms with Crippen LogP contribution in [0.25, 0.3) is 5.57 Å². The Balaban J connectivity index is 1.76. The highest BCUT2D eigenvalue weighted by Crippen LogP contribution is 2.66. The fourth-order valence-electron chi connectivity index (χ4n) is 5.19. The number of rotatable bonds is 6. The molecule has 3 nitrogen and oxygen atoms in total. The molecule has 1 N–H and O–H groups in total. The molecular formula is C30H29O3PS. The van der Waals surface area contributed by atoms with Gasteiger partial charge in [0.05, 0.1) is 4.91 Å². The maximum atomic E-state index is 12.6. The molecule has 0 saturated heterocycles. The van der Waals surface area contributed by atoms with Crippen LogP contribution in [-0.4, -0.2) is 18.6 Å². The Labute approximate surface area is 209 Å². The Morgan fingerprint density at radius 2 is 1.40 bits per heavy atom. The van der Waals surface area contributed by atoms with Crippen LogP contribution in [0.4, 0.5) is 0 Å².